The molecule has 1 saturated carbocycles. The number of fused-ring (bicyclic) bond motifs is 4. The third-order valence-corrected chi connectivity index (χ3v) is 13.5. The van der Waals surface area contributed by atoms with E-state index in [1.807, 2.05) is 6.92 Å². The molecular formula is C49H82O20P2. The van der Waals surface area contributed by atoms with Gasteiger partial charge in [-0.05, 0) is 64.2 Å². The van der Waals surface area contributed by atoms with Gasteiger partial charge in [0.25, 0.3) is 0 Å². The van der Waals surface area contributed by atoms with Gasteiger partial charge in [0, 0.05) is 43.9 Å². The zero-order valence-corrected chi connectivity index (χ0v) is 43.0. The van der Waals surface area contributed by atoms with E-state index < -0.39 is 132 Å². The van der Waals surface area contributed by atoms with E-state index in [0.717, 1.165) is 69.9 Å². The van der Waals surface area contributed by atoms with E-state index in [-0.39, 0.29) is 38.5 Å². The number of phosphoric ester groups is 2. The molecule has 0 radical (unpaired) electrons. The largest absolute Gasteiger partial charge is 0.472 e. The molecule has 1 heterocycles. The van der Waals surface area contributed by atoms with Gasteiger partial charge in [0.15, 0.2) is 6.10 Å². The maximum Gasteiger partial charge on any atom is 0.472 e. The van der Waals surface area contributed by atoms with Crippen molar-refractivity contribution < 1.29 is 97.0 Å². The van der Waals surface area contributed by atoms with Crippen LogP contribution in [0.15, 0.2) is 60.8 Å². The summed E-state index contributed by atoms with van der Waals surface area (Å²) in [6.07, 6.45) is 4.94. The van der Waals surface area contributed by atoms with E-state index in [0.29, 0.717) is 19.3 Å². The van der Waals surface area contributed by atoms with Gasteiger partial charge in [-0.2, -0.15) is 0 Å². The molecular weight excluding hydrogens is 970 g/mol. The van der Waals surface area contributed by atoms with Crippen LogP contribution in [-0.2, 0) is 46.6 Å². The predicted molar refractivity (Wildman–Crippen MR) is 262 cm³/mol. The maximum absolute atomic E-state index is 13.8. The number of ether oxygens (including phenoxy) is 2. The quantitative estimate of drug-likeness (QED) is 0.0265. The highest BCUT2D eigenvalue weighted by Gasteiger charge is 2.52. The summed E-state index contributed by atoms with van der Waals surface area (Å²) < 4.78 is 52.1. The number of unbranched alkanes of at least 4 members (excludes halogenated alkanes) is 6. The van der Waals surface area contributed by atoms with Gasteiger partial charge in [-0.3, -0.25) is 28.0 Å². The number of hydrogen-bond acceptors (Lipinski definition) is 17. The fourth-order valence-electron chi connectivity index (χ4n) is 8.07. The van der Waals surface area contributed by atoms with Crippen molar-refractivity contribution in [2.24, 2.45) is 11.8 Å². The molecule has 10 N–H and O–H groups in total. The SMILES string of the molecule is CC/C=C\C/C=C\C/C=C\C/C=C\CCCCCCC(=O)O[C@@H]1COC(=O)CCCCC(=O)C[C@@H]2[C@@H](O)[C@H](O)[C@@H](O)[C@H](OP(=O)(O)OC1)[C@H](OP(=O)(O)O)[C@H](O)[C@@H](/C=C\[C@@H](O)CCCCC)[C@H](O)C[C@@H]2O. The molecule has 2 fully saturated rings. The Bertz CT molecular complexity index is 1780. The second kappa shape index (κ2) is 35.4. The Labute approximate surface area is 418 Å². The van der Waals surface area contributed by atoms with Crippen LogP contribution in [0, 0.1) is 11.8 Å². The van der Waals surface area contributed by atoms with E-state index in [2.05, 4.69) is 55.5 Å². The summed E-state index contributed by atoms with van der Waals surface area (Å²) in [7, 11) is -11.6. The van der Waals surface area contributed by atoms with Crippen LogP contribution >= 0.6 is 15.6 Å². The Balaban J connectivity index is 2.35. The zero-order chi connectivity index (χ0) is 52.8. The summed E-state index contributed by atoms with van der Waals surface area (Å²) >= 11 is 0. The summed E-state index contributed by atoms with van der Waals surface area (Å²) in [6.45, 7) is 2.32. The first-order chi connectivity index (χ1) is 33.7. The highest BCUT2D eigenvalue weighted by Crippen LogP contribution is 2.50. The smallest absolute Gasteiger partial charge is 0.462 e. The molecule has 0 aromatic heterocycles. The highest BCUT2D eigenvalue weighted by atomic mass is 31.2. The summed E-state index contributed by atoms with van der Waals surface area (Å²) in [5.41, 5.74) is 0. The second-order valence-corrected chi connectivity index (χ2v) is 20.7. The molecule has 0 spiro atoms. The number of aliphatic hydroxyl groups is 7. The van der Waals surface area contributed by atoms with Crippen molar-refractivity contribution in [3.05, 3.63) is 60.8 Å². The van der Waals surface area contributed by atoms with Crippen LogP contribution in [0.3, 0.4) is 0 Å². The number of aliphatic hydroxyl groups excluding tert-OH is 7. The molecule has 2 bridgehead atoms. The Morgan fingerprint density at radius 3 is 2.07 bits per heavy atom. The monoisotopic (exact) mass is 1050 g/mol. The first kappa shape index (κ1) is 64.4. The number of Topliss-reactive ketones (excluding diaryl/α,β-unsaturated/α-hetero) is 1. The molecule has 1 aliphatic carbocycles. The Kier molecular flexibility index (Phi) is 32.1. The van der Waals surface area contributed by atoms with Gasteiger partial charge >= 0.3 is 27.6 Å². The lowest BCUT2D eigenvalue weighted by Crippen LogP contribution is -2.56. The van der Waals surface area contributed by atoms with E-state index in [9.17, 15) is 73.9 Å². The van der Waals surface area contributed by atoms with Crippen molar-refractivity contribution in [1.82, 2.24) is 0 Å². The number of rotatable bonds is 23. The van der Waals surface area contributed by atoms with Crippen LogP contribution in [0.4, 0.5) is 0 Å². The molecule has 0 aromatic carbocycles. The first-order valence-electron chi connectivity index (χ1n) is 25.0. The molecule has 1 unspecified atom stereocenters. The molecule has 1 saturated heterocycles. The van der Waals surface area contributed by atoms with E-state index in [1.54, 1.807) is 0 Å². The molecule has 13 atom stereocenters. The lowest BCUT2D eigenvalue weighted by molar-refractivity contribution is -0.166. The number of cyclic esters (lactones) is 1. The molecule has 0 aromatic rings. The van der Waals surface area contributed by atoms with Crippen molar-refractivity contribution in [1.29, 1.82) is 0 Å². The van der Waals surface area contributed by atoms with Gasteiger partial charge in [0.1, 0.15) is 36.8 Å². The summed E-state index contributed by atoms with van der Waals surface area (Å²) in [4.78, 5) is 70.1. The maximum atomic E-state index is 13.8. The normalized spacial score (nSPS) is 31.3. The molecule has 20 nitrogen and oxygen atoms in total. The van der Waals surface area contributed by atoms with Crippen molar-refractivity contribution in [2.45, 2.75) is 203 Å². The minimum Gasteiger partial charge on any atom is -0.462 e. The number of carbonyl (C=O) groups excluding carboxylic acids is 3. The lowest BCUT2D eigenvalue weighted by Gasteiger charge is -2.38. The van der Waals surface area contributed by atoms with Crippen LogP contribution in [0.1, 0.15) is 142 Å². The molecule has 22 heteroatoms. The molecule has 0 amide bonds. The van der Waals surface area contributed by atoms with Crippen molar-refractivity contribution in [2.75, 3.05) is 13.2 Å². The molecule has 2 rings (SSSR count). The third-order valence-electron chi connectivity index (χ3n) is 12.0. The Morgan fingerprint density at radius 1 is 0.789 bits per heavy atom. The van der Waals surface area contributed by atoms with Crippen molar-refractivity contribution in [3.8, 4) is 0 Å². The number of hydrogen-bond donors (Lipinski definition) is 10. The first-order valence-corrected chi connectivity index (χ1v) is 28.0. The van der Waals surface area contributed by atoms with Gasteiger partial charge in [0.05, 0.1) is 37.1 Å². The van der Waals surface area contributed by atoms with Gasteiger partial charge in [-0.25, -0.2) is 9.13 Å². The topological polar surface area (TPSA) is 334 Å². The van der Waals surface area contributed by atoms with Crippen LogP contribution < -0.4 is 0 Å². The number of carbonyl (C=O) groups is 3. The van der Waals surface area contributed by atoms with Crippen LogP contribution in [0.2, 0.25) is 0 Å². The van der Waals surface area contributed by atoms with Crippen molar-refractivity contribution >= 4 is 33.4 Å². The predicted octanol–water partition coefficient (Wildman–Crippen LogP) is 5.40. The van der Waals surface area contributed by atoms with Crippen LogP contribution in [-0.4, -0.2) is 142 Å². The van der Waals surface area contributed by atoms with E-state index in [4.69, 9.17) is 23.0 Å². The molecule has 71 heavy (non-hydrogen) atoms. The molecule has 1 aliphatic heterocycles. The number of ketones is 1. The minimum absolute atomic E-state index is 0.0869. The molecule has 2 aliphatic rings. The lowest BCUT2D eigenvalue weighted by atomic mass is 9.82. The number of esters is 2. The van der Waals surface area contributed by atoms with E-state index in [1.165, 1.54) is 0 Å². The minimum atomic E-state index is -5.82. The summed E-state index contributed by atoms with van der Waals surface area (Å²) in [5.74, 6) is -5.64. The number of allylic oxidation sites excluding steroid dienone is 8. The van der Waals surface area contributed by atoms with E-state index >= 15 is 0 Å². The van der Waals surface area contributed by atoms with Gasteiger partial charge in [0.2, 0.25) is 0 Å². The average Bonchev–Trinajstić information content (AvgIpc) is 3.31. The highest BCUT2D eigenvalue weighted by molar-refractivity contribution is 7.47. The summed E-state index contributed by atoms with van der Waals surface area (Å²) in [5, 5.41) is 79.8. The fraction of sp³-hybridized carbons (Fsp3) is 0.735. The fourth-order valence-corrected chi connectivity index (χ4v) is 9.60. The standard InChI is InChI=1S/C49H82O20P2/c1-3-5-7-8-9-10-11-12-13-14-15-16-17-18-19-20-22-28-43(55)67-37-33-65-42(54)27-24-23-26-36(51)31-39-41(53)32-40(52)38(30-29-35(50)25-21-6-4-2)45(57)48(68-70(60,61)62)49(47(59)46(58)44(39)56)69-71(63,64)66-34-37/h5,7,9-10,12-13,15-16,29-30,35,37-41,44-50,52-53,56-59H,3-4,6,8,11,14,17-28,31-34H2,1-2H3,(H,63,64)(H2,60,61,62)/b7-5-,10-9-,13-12-,16-15-,30-29-/t35-,37+,38-,39-,40+,41-,44+,45+,46-,47+,48+,49-/m0/s1. The van der Waals surface area contributed by atoms with Gasteiger partial charge in [-0.1, -0.05) is 107 Å². The van der Waals surface area contributed by atoms with Crippen molar-refractivity contribution in [3.63, 3.8) is 0 Å². The zero-order valence-electron chi connectivity index (χ0n) is 41.2. The third kappa shape index (κ3) is 27.4. The number of phosphoric acid groups is 2. The van der Waals surface area contributed by atoms with Crippen LogP contribution in [0.25, 0.3) is 0 Å². The summed E-state index contributed by atoms with van der Waals surface area (Å²) in [6, 6.07) is 0. The average molecular weight is 1050 g/mol. The molecule has 408 valence electrons. The Hall–Kier alpha value is -2.75. The second-order valence-electron chi connectivity index (χ2n) is 18.1. The van der Waals surface area contributed by atoms with Gasteiger partial charge < -0.3 is 59.9 Å². The Morgan fingerprint density at radius 2 is 1.42 bits per heavy atom. The van der Waals surface area contributed by atoms with Crippen LogP contribution in [0.5, 0.6) is 0 Å². The van der Waals surface area contributed by atoms with Gasteiger partial charge in [-0.15, -0.1) is 0 Å².